The fraction of sp³-hybridized carbons (Fsp3) is 0.954. The molecule has 5 atom stereocenters. The van der Waals surface area contributed by atoms with Gasteiger partial charge >= 0.3 is 39.5 Å². The lowest BCUT2D eigenvalue weighted by Gasteiger charge is -2.21. The van der Waals surface area contributed by atoms with Crippen molar-refractivity contribution in [2.45, 2.75) is 490 Å². The van der Waals surface area contributed by atoms with Crippen molar-refractivity contribution in [2.75, 3.05) is 39.6 Å². The third-order valence-corrected chi connectivity index (χ3v) is 22.4. The zero-order chi connectivity index (χ0) is 77.6. The van der Waals surface area contributed by atoms with Crippen molar-refractivity contribution in [3.8, 4) is 0 Å². The van der Waals surface area contributed by atoms with Gasteiger partial charge in [-0.15, -0.1) is 0 Å². The first kappa shape index (κ1) is 104. The molecule has 17 nitrogen and oxygen atoms in total. The summed E-state index contributed by atoms with van der Waals surface area (Å²) in [5.74, 6) is -1.39. The monoisotopic (exact) mass is 1550 g/mol. The highest BCUT2D eigenvalue weighted by Gasteiger charge is 2.30. The Morgan fingerprint density at radius 1 is 0.255 bits per heavy atom. The third-order valence-electron chi connectivity index (χ3n) is 20.5. The van der Waals surface area contributed by atoms with Crippen molar-refractivity contribution in [2.24, 2.45) is 5.92 Å². The summed E-state index contributed by atoms with van der Waals surface area (Å²) in [5.41, 5.74) is 0. The molecule has 0 spiro atoms. The molecule has 0 saturated heterocycles. The minimum atomic E-state index is -4.97. The zero-order valence-electron chi connectivity index (χ0n) is 69.6. The lowest BCUT2D eigenvalue weighted by Crippen LogP contribution is -2.30. The van der Waals surface area contributed by atoms with Crippen molar-refractivity contribution in [3.05, 3.63) is 0 Å². The Hall–Kier alpha value is -1.94. The SMILES string of the molecule is CCCCCCCCCCCCCCCCCCCCCCCCC(=O)O[C@H](COC(=O)CCCCCCCCCCCCCCCCCCC)COP(=O)(O)OC[C@@H](O)COP(=O)(O)OC[C@@H](COC(=O)CCCCCCCCCC(C)C)OC(=O)CCCCCCCCCCCCCCCCCCC. The normalized spacial score (nSPS) is 13.7. The van der Waals surface area contributed by atoms with Gasteiger partial charge in [0.1, 0.15) is 19.3 Å². The van der Waals surface area contributed by atoms with E-state index >= 15 is 0 Å². The zero-order valence-corrected chi connectivity index (χ0v) is 71.4. The highest BCUT2D eigenvalue weighted by molar-refractivity contribution is 7.47. The molecule has 0 bridgehead atoms. The summed E-state index contributed by atoms with van der Waals surface area (Å²) in [6, 6.07) is 0. The van der Waals surface area contributed by atoms with Gasteiger partial charge in [-0.2, -0.15) is 0 Å². The van der Waals surface area contributed by atoms with Crippen LogP contribution in [0, 0.1) is 5.92 Å². The Kier molecular flexibility index (Phi) is 78.2. The topological polar surface area (TPSA) is 237 Å². The number of hydrogen-bond donors (Lipinski definition) is 3. The van der Waals surface area contributed by atoms with Crippen molar-refractivity contribution in [3.63, 3.8) is 0 Å². The number of aliphatic hydroxyl groups is 1. The maximum Gasteiger partial charge on any atom is 0.472 e. The molecule has 0 aromatic heterocycles. The van der Waals surface area contributed by atoms with Crippen molar-refractivity contribution in [1.29, 1.82) is 0 Å². The van der Waals surface area contributed by atoms with Gasteiger partial charge in [0.15, 0.2) is 12.2 Å². The van der Waals surface area contributed by atoms with E-state index in [-0.39, 0.29) is 25.7 Å². The highest BCUT2D eigenvalue weighted by Crippen LogP contribution is 2.45. The summed E-state index contributed by atoms with van der Waals surface area (Å²) in [6.07, 6.45) is 73.8. The average Bonchev–Trinajstić information content (AvgIpc) is 0.901. The number of phosphoric acid groups is 2. The molecule has 0 fully saturated rings. The number of hydrogen-bond acceptors (Lipinski definition) is 15. The Bertz CT molecular complexity index is 2010. The Morgan fingerprint density at radius 2 is 0.434 bits per heavy atom. The second kappa shape index (κ2) is 79.7. The Morgan fingerprint density at radius 3 is 0.642 bits per heavy atom. The summed E-state index contributed by atoms with van der Waals surface area (Å²) < 4.78 is 68.9. The molecule has 0 aromatic rings. The van der Waals surface area contributed by atoms with Gasteiger partial charge in [0, 0.05) is 25.7 Å². The number of aliphatic hydroxyl groups excluding tert-OH is 1. The molecule has 630 valence electrons. The summed E-state index contributed by atoms with van der Waals surface area (Å²) in [5, 5.41) is 10.7. The fourth-order valence-corrected chi connectivity index (χ4v) is 15.2. The van der Waals surface area contributed by atoms with Crippen LogP contribution in [-0.4, -0.2) is 96.7 Å². The number of carbonyl (C=O) groups excluding carboxylic acids is 4. The molecule has 3 N–H and O–H groups in total. The number of phosphoric ester groups is 2. The minimum absolute atomic E-state index is 0.108. The minimum Gasteiger partial charge on any atom is -0.462 e. The number of rotatable bonds is 87. The van der Waals surface area contributed by atoms with E-state index in [0.29, 0.717) is 31.6 Å². The van der Waals surface area contributed by atoms with Gasteiger partial charge in [-0.3, -0.25) is 37.3 Å². The van der Waals surface area contributed by atoms with Crippen LogP contribution in [0.5, 0.6) is 0 Å². The first-order valence-electron chi connectivity index (χ1n) is 45.1. The molecular formula is C87H170O17P2. The number of esters is 4. The molecule has 0 aliphatic carbocycles. The maximum atomic E-state index is 13.2. The van der Waals surface area contributed by atoms with E-state index in [1.54, 1.807) is 0 Å². The van der Waals surface area contributed by atoms with Crippen LogP contribution >= 0.6 is 15.6 Å². The van der Waals surface area contributed by atoms with Crippen LogP contribution < -0.4 is 0 Å². The van der Waals surface area contributed by atoms with Crippen LogP contribution in [0.3, 0.4) is 0 Å². The van der Waals surface area contributed by atoms with Crippen molar-refractivity contribution < 1.29 is 80.2 Å². The van der Waals surface area contributed by atoms with Gasteiger partial charge < -0.3 is 33.8 Å². The molecule has 2 unspecified atom stereocenters. The van der Waals surface area contributed by atoms with Crippen LogP contribution in [-0.2, 0) is 65.4 Å². The number of ether oxygens (including phenoxy) is 4. The largest absolute Gasteiger partial charge is 0.472 e. The third kappa shape index (κ3) is 80.1. The standard InChI is InChI=1S/C87H170O17P2/c1-6-9-12-15-18-21-24-27-30-33-34-35-36-37-40-43-46-49-52-57-63-68-72-86(91)103-82(76-97-84(89)70-65-60-55-50-47-44-41-38-31-28-25-22-19-16-13-10-7-2)78-101-105(93,94)99-74-81(88)75-100-106(95,96)102-79-83(77-98-85(90)71-66-61-58-53-54-59-64-69-80(4)5)104-87(92)73-67-62-56-51-48-45-42-39-32-29-26-23-20-17-14-11-8-3/h80-83,88H,6-79H2,1-5H3,(H,93,94)(H,95,96)/t81-,82-,83-/m1/s1. The first-order valence-corrected chi connectivity index (χ1v) is 48.1. The molecule has 0 aromatic carbocycles. The van der Waals surface area contributed by atoms with E-state index in [1.165, 1.54) is 289 Å². The molecule has 0 aliphatic rings. The quantitative estimate of drug-likeness (QED) is 0.0222. The van der Waals surface area contributed by atoms with Gasteiger partial charge in [-0.1, -0.05) is 420 Å². The van der Waals surface area contributed by atoms with E-state index in [9.17, 15) is 43.2 Å². The molecule has 0 saturated carbocycles. The number of carbonyl (C=O) groups is 4. The summed E-state index contributed by atoms with van der Waals surface area (Å²) in [4.78, 5) is 73.2. The number of unbranched alkanes of at least 4 members (excludes halogenated alkanes) is 59. The maximum absolute atomic E-state index is 13.2. The van der Waals surface area contributed by atoms with Crippen LogP contribution in [0.1, 0.15) is 471 Å². The van der Waals surface area contributed by atoms with E-state index in [2.05, 4.69) is 34.6 Å². The molecule has 0 amide bonds. The molecule has 0 aliphatic heterocycles. The average molecular weight is 1550 g/mol. The molecular weight excluding hydrogens is 1380 g/mol. The lowest BCUT2D eigenvalue weighted by atomic mass is 10.0. The van der Waals surface area contributed by atoms with Gasteiger partial charge in [-0.05, 0) is 31.6 Å². The highest BCUT2D eigenvalue weighted by atomic mass is 31.2. The van der Waals surface area contributed by atoms with E-state index in [1.807, 2.05) is 0 Å². The van der Waals surface area contributed by atoms with Gasteiger partial charge in [0.25, 0.3) is 0 Å². The Labute approximate surface area is 651 Å². The second-order valence-corrected chi connectivity index (χ2v) is 34.7. The van der Waals surface area contributed by atoms with Crippen molar-refractivity contribution in [1.82, 2.24) is 0 Å². The predicted molar refractivity (Wildman–Crippen MR) is 437 cm³/mol. The van der Waals surface area contributed by atoms with E-state index < -0.39 is 97.5 Å². The van der Waals surface area contributed by atoms with E-state index in [0.717, 1.165) is 96.3 Å². The summed E-state index contributed by atoms with van der Waals surface area (Å²) in [7, 11) is -9.93. The van der Waals surface area contributed by atoms with Crippen LogP contribution in [0.2, 0.25) is 0 Å². The predicted octanol–water partition coefficient (Wildman–Crippen LogP) is 26.8. The molecule has 0 rings (SSSR count). The molecule has 0 radical (unpaired) electrons. The van der Waals surface area contributed by atoms with Crippen LogP contribution in [0.25, 0.3) is 0 Å². The van der Waals surface area contributed by atoms with Gasteiger partial charge in [-0.25, -0.2) is 9.13 Å². The Balaban J connectivity index is 5.21. The van der Waals surface area contributed by atoms with E-state index in [4.69, 9.17) is 37.0 Å². The summed E-state index contributed by atoms with van der Waals surface area (Å²) >= 11 is 0. The van der Waals surface area contributed by atoms with Crippen molar-refractivity contribution >= 4 is 39.5 Å². The molecule has 19 heteroatoms. The lowest BCUT2D eigenvalue weighted by molar-refractivity contribution is -0.161. The first-order chi connectivity index (χ1) is 51.5. The molecule has 0 heterocycles. The smallest absolute Gasteiger partial charge is 0.462 e. The summed E-state index contributed by atoms with van der Waals surface area (Å²) in [6.45, 7) is 7.32. The van der Waals surface area contributed by atoms with Crippen LogP contribution in [0.15, 0.2) is 0 Å². The van der Waals surface area contributed by atoms with Crippen LogP contribution in [0.4, 0.5) is 0 Å². The molecule has 106 heavy (non-hydrogen) atoms. The van der Waals surface area contributed by atoms with Gasteiger partial charge in [0.2, 0.25) is 0 Å². The second-order valence-electron chi connectivity index (χ2n) is 31.8. The van der Waals surface area contributed by atoms with Gasteiger partial charge in [0.05, 0.1) is 26.4 Å². The fourth-order valence-electron chi connectivity index (χ4n) is 13.6.